The molecule has 1 aromatic heterocycles. The summed E-state index contributed by atoms with van der Waals surface area (Å²) in [5, 5.41) is 12.5. The van der Waals surface area contributed by atoms with Gasteiger partial charge in [0.05, 0.1) is 34.5 Å². The van der Waals surface area contributed by atoms with Crippen LogP contribution < -0.4 is 14.8 Å². The number of amides is 1. The highest BCUT2D eigenvalue weighted by Crippen LogP contribution is 2.47. The Morgan fingerprint density at radius 1 is 1.10 bits per heavy atom. The molecule has 3 atom stereocenters. The van der Waals surface area contributed by atoms with Crippen molar-refractivity contribution < 1.29 is 33.0 Å². The highest BCUT2D eigenvalue weighted by Gasteiger charge is 2.38. The molecule has 2 N–H and O–H groups in total. The molecular formula is C37H37Cl2F2N5O5. The van der Waals surface area contributed by atoms with Crippen molar-refractivity contribution in [3.05, 3.63) is 92.2 Å². The number of rotatable bonds is 9. The Bertz CT molecular complexity index is 2040. The number of hydrogen-bond acceptors (Lipinski definition) is 7. The van der Waals surface area contributed by atoms with Gasteiger partial charge in [-0.1, -0.05) is 53.5 Å². The molecule has 0 saturated carbocycles. The van der Waals surface area contributed by atoms with E-state index < -0.39 is 35.9 Å². The molecule has 1 aliphatic carbocycles. The standard InChI is InChI=1S/C37H37Cl2F2N5O5/c1-44-12-11-29-28(18-44)42-35(45(29)2)36(47)43-27-9-5-7-22(30(27)39)21-6-4-8-23-24(21)15-26(40)33(23)51-34-25(38)14-20(32(50-3)31(34)41)17-46-13-10-19(16-46)37(48)49/h4-9,14,19,26,33H,10-13,15-18H2,1-3H3,(H,43,47)(H,48,49). The van der Waals surface area contributed by atoms with Crippen molar-refractivity contribution in [2.75, 3.05) is 39.1 Å². The number of nitrogens with zero attached hydrogens (tertiary/aromatic N) is 4. The number of hydrogen-bond donors (Lipinski definition) is 2. The SMILES string of the molecule is COc1c(CN2CCC(C(=O)O)C2)cc(Cl)c(OC2c3cccc(-c4cccc(NC(=O)c5nc6c(n5C)CCN(C)C6)c4Cl)c3CC2F)c1F. The minimum Gasteiger partial charge on any atom is -0.493 e. The van der Waals surface area contributed by atoms with Crippen LogP contribution >= 0.6 is 23.2 Å². The van der Waals surface area contributed by atoms with Gasteiger partial charge >= 0.3 is 5.97 Å². The van der Waals surface area contributed by atoms with Crippen LogP contribution in [0.1, 0.15) is 51.2 Å². The van der Waals surface area contributed by atoms with Crippen LogP contribution in [0.5, 0.6) is 11.5 Å². The van der Waals surface area contributed by atoms with Crippen molar-refractivity contribution in [3.63, 3.8) is 0 Å². The molecule has 0 bridgehead atoms. The van der Waals surface area contributed by atoms with E-state index in [1.807, 2.05) is 29.6 Å². The number of carbonyl (C=O) groups is 2. The third kappa shape index (κ3) is 6.54. The maximum atomic E-state index is 16.0. The molecule has 1 saturated heterocycles. The predicted octanol–water partition coefficient (Wildman–Crippen LogP) is 6.70. The fourth-order valence-corrected chi connectivity index (χ4v) is 8.02. The second kappa shape index (κ2) is 14.1. The number of nitrogens with one attached hydrogen (secondary N) is 1. The number of fused-ring (bicyclic) bond motifs is 2. The average Bonchev–Trinajstić information content (AvgIpc) is 3.79. The molecule has 14 heteroatoms. The Morgan fingerprint density at radius 3 is 2.61 bits per heavy atom. The maximum Gasteiger partial charge on any atom is 0.307 e. The molecule has 1 fully saturated rings. The van der Waals surface area contributed by atoms with E-state index in [-0.39, 0.29) is 40.3 Å². The zero-order valence-electron chi connectivity index (χ0n) is 28.3. The van der Waals surface area contributed by atoms with E-state index in [0.29, 0.717) is 59.6 Å². The number of likely N-dealkylation sites (N-methyl/N-ethyl adjacent to an activating group) is 1. The minimum atomic E-state index is -1.53. The van der Waals surface area contributed by atoms with E-state index in [9.17, 15) is 14.7 Å². The predicted molar refractivity (Wildman–Crippen MR) is 189 cm³/mol. The second-order valence-corrected chi connectivity index (χ2v) is 14.2. The van der Waals surface area contributed by atoms with Crippen LogP contribution in [-0.4, -0.2) is 76.3 Å². The molecule has 3 heterocycles. The van der Waals surface area contributed by atoms with Gasteiger partial charge in [0.25, 0.3) is 5.91 Å². The molecule has 268 valence electrons. The molecule has 3 unspecified atom stereocenters. The lowest BCUT2D eigenvalue weighted by Crippen LogP contribution is -2.27. The lowest BCUT2D eigenvalue weighted by Gasteiger charge is -2.22. The van der Waals surface area contributed by atoms with Crippen molar-refractivity contribution in [2.45, 2.75) is 44.6 Å². The molecular weight excluding hydrogens is 703 g/mol. The number of ether oxygens (including phenoxy) is 2. The van der Waals surface area contributed by atoms with Gasteiger partial charge in [0.15, 0.2) is 23.4 Å². The Morgan fingerprint density at radius 2 is 1.86 bits per heavy atom. The number of alkyl halides is 1. The number of carboxylic acids is 1. The van der Waals surface area contributed by atoms with Gasteiger partial charge in [0.2, 0.25) is 5.82 Å². The maximum absolute atomic E-state index is 16.0. The van der Waals surface area contributed by atoms with Crippen LogP contribution in [0.2, 0.25) is 10.0 Å². The smallest absolute Gasteiger partial charge is 0.307 e. The lowest BCUT2D eigenvalue weighted by atomic mass is 9.96. The third-order valence-corrected chi connectivity index (χ3v) is 10.8. The van der Waals surface area contributed by atoms with Crippen LogP contribution in [0.15, 0.2) is 42.5 Å². The molecule has 4 aromatic rings. The van der Waals surface area contributed by atoms with Crippen molar-refractivity contribution in [1.29, 1.82) is 0 Å². The summed E-state index contributed by atoms with van der Waals surface area (Å²) in [5.41, 5.74) is 5.12. The van der Waals surface area contributed by atoms with E-state index in [2.05, 4.69) is 15.2 Å². The summed E-state index contributed by atoms with van der Waals surface area (Å²) < 4.78 is 45.1. The summed E-state index contributed by atoms with van der Waals surface area (Å²) in [6, 6.07) is 12.1. The summed E-state index contributed by atoms with van der Waals surface area (Å²) in [4.78, 5) is 33.5. The molecule has 3 aliphatic rings. The Kier molecular flexibility index (Phi) is 9.70. The number of aliphatic carboxylic acids is 1. The molecule has 3 aromatic carbocycles. The average molecular weight is 741 g/mol. The van der Waals surface area contributed by atoms with Gasteiger partial charge in [0.1, 0.15) is 6.17 Å². The monoisotopic (exact) mass is 739 g/mol. The van der Waals surface area contributed by atoms with E-state index in [4.69, 9.17) is 32.7 Å². The first-order valence-corrected chi connectivity index (χ1v) is 17.5. The first-order valence-electron chi connectivity index (χ1n) is 16.7. The van der Waals surface area contributed by atoms with Gasteiger partial charge in [-0.15, -0.1) is 0 Å². The molecule has 1 amide bonds. The number of carbonyl (C=O) groups excluding carboxylic acids is 1. The highest BCUT2D eigenvalue weighted by molar-refractivity contribution is 6.36. The fourth-order valence-electron chi connectivity index (χ4n) is 7.49. The summed E-state index contributed by atoms with van der Waals surface area (Å²) in [6.45, 7) is 2.63. The van der Waals surface area contributed by atoms with Crippen LogP contribution in [0.25, 0.3) is 11.1 Å². The molecule has 0 radical (unpaired) electrons. The quantitative estimate of drug-likeness (QED) is 0.195. The van der Waals surface area contributed by atoms with Crippen LogP contribution in [0.3, 0.4) is 0 Å². The van der Waals surface area contributed by atoms with E-state index >= 15 is 8.78 Å². The normalized spacial score (nSPS) is 20.3. The Labute approximate surface area is 303 Å². The number of carboxylic acid groups (broad SMARTS) is 1. The Hall–Kier alpha value is -4.23. The minimum absolute atomic E-state index is 0.0233. The van der Waals surface area contributed by atoms with Gasteiger partial charge in [-0.2, -0.15) is 4.39 Å². The first kappa shape index (κ1) is 35.2. The third-order valence-electron chi connectivity index (χ3n) is 10.1. The van der Waals surface area contributed by atoms with Gasteiger partial charge in [0, 0.05) is 62.9 Å². The summed E-state index contributed by atoms with van der Waals surface area (Å²) >= 11 is 13.5. The number of halogens is 4. The van der Waals surface area contributed by atoms with E-state index in [1.54, 1.807) is 30.3 Å². The summed E-state index contributed by atoms with van der Waals surface area (Å²) in [6.07, 6.45) is -1.44. The van der Waals surface area contributed by atoms with Crippen LogP contribution in [-0.2, 0) is 37.8 Å². The number of benzene rings is 3. The molecule has 0 spiro atoms. The van der Waals surface area contributed by atoms with Crippen molar-refractivity contribution in [2.24, 2.45) is 13.0 Å². The van der Waals surface area contributed by atoms with Gasteiger partial charge in [-0.3, -0.25) is 14.5 Å². The number of imidazole rings is 1. The molecule has 7 rings (SSSR count). The van der Waals surface area contributed by atoms with Gasteiger partial charge < -0.3 is 29.4 Å². The van der Waals surface area contributed by atoms with Crippen LogP contribution in [0.4, 0.5) is 14.5 Å². The molecule has 10 nitrogen and oxygen atoms in total. The Balaban J connectivity index is 1.14. The topological polar surface area (TPSA) is 109 Å². The lowest BCUT2D eigenvalue weighted by molar-refractivity contribution is -0.141. The van der Waals surface area contributed by atoms with Gasteiger partial charge in [-0.25, -0.2) is 9.37 Å². The van der Waals surface area contributed by atoms with Crippen molar-refractivity contribution in [1.82, 2.24) is 19.4 Å². The van der Waals surface area contributed by atoms with Gasteiger partial charge in [-0.05, 0) is 48.8 Å². The zero-order chi connectivity index (χ0) is 36.1. The van der Waals surface area contributed by atoms with Crippen LogP contribution in [0, 0.1) is 11.7 Å². The fraction of sp³-hybridized carbons (Fsp3) is 0.378. The van der Waals surface area contributed by atoms with Crippen molar-refractivity contribution in [3.8, 4) is 22.6 Å². The van der Waals surface area contributed by atoms with E-state index in [1.165, 1.54) is 13.2 Å². The first-order chi connectivity index (χ1) is 24.4. The number of aromatic nitrogens is 2. The molecule has 51 heavy (non-hydrogen) atoms. The number of likely N-dealkylation sites (tertiary alicyclic amines) is 1. The summed E-state index contributed by atoms with van der Waals surface area (Å²) in [5.74, 6) is -2.77. The zero-order valence-corrected chi connectivity index (χ0v) is 29.8. The largest absolute Gasteiger partial charge is 0.493 e. The molecule has 2 aliphatic heterocycles. The van der Waals surface area contributed by atoms with Crippen molar-refractivity contribution >= 4 is 40.8 Å². The highest BCUT2D eigenvalue weighted by atomic mass is 35.5. The summed E-state index contributed by atoms with van der Waals surface area (Å²) in [7, 11) is 5.17. The van der Waals surface area contributed by atoms with E-state index in [0.717, 1.165) is 24.4 Å². The second-order valence-electron chi connectivity index (χ2n) is 13.4. The number of anilines is 1. The number of methoxy groups -OCH3 is 1.